The van der Waals surface area contributed by atoms with Crippen molar-refractivity contribution in [3.05, 3.63) is 58.0 Å². The first-order valence-electron chi connectivity index (χ1n) is 12.0. The molecule has 3 aliphatic rings. The lowest BCUT2D eigenvalue weighted by Crippen LogP contribution is -2.54. The van der Waals surface area contributed by atoms with E-state index < -0.39 is 24.0 Å². The standard InChI is InChI=1S/C25H28ClF2N5O3/c1-13-18(26)10-30-24(31-13)17-11-32(12-19(17)29)25(35)16-4-2-14(27)8-21(16)36-22-9-15-3-5-20(23(22)28)33(15)6-7-34/h2,4,8,10,15,20,22-23,34H,3,5-7,9,11-12,29H2,1H3/t15?,20-,22-,23?/m0/s1. The third-order valence-electron chi connectivity index (χ3n) is 7.30. The van der Waals surface area contributed by atoms with Crippen molar-refractivity contribution in [1.29, 1.82) is 0 Å². The van der Waals surface area contributed by atoms with Crippen LogP contribution in [0.3, 0.4) is 0 Å². The number of benzene rings is 1. The van der Waals surface area contributed by atoms with Crippen LogP contribution in [0.5, 0.6) is 5.75 Å². The molecule has 5 rings (SSSR count). The van der Waals surface area contributed by atoms with E-state index in [2.05, 4.69) is 9.97 Å². The summed E-state index contributed by atoms with van der Waals surface area (Å²) in [6.07, 6.45) is 1.25. The molecular weight excluding hydrogens is 492 g/mol. The van der Waals surface area contributed by atoms with E-state index in [9.17, 15) is 14.3 Å². The number of aliphatic hydroxyl groups is 1. The average molecular weight is 520 g/mol. The van der Waals surface area contributed by atoms with Crippen molar-refractivity contribution in [2.45, 2.75) is 50.5 Å². The number of alkyl halides is 1. The molecule has 2 unspecified atom stereocenters. The van der Waals surface area contributed by atoms with Crippen molar-refractivity contribution in [2.24, 2.45) is 5.73 Å². The zero-order chi connectivity index (χ0) is 25.6. The highest BCUT2D eigenvalue weighted by molar-refractivity contribution is 6.31. The number of aliphatic hydroxyl groups excluding tert-OH is 1. The van der Waals surface area contributed by atoms with Gasteiger partial charge in [0.15, 0.2) is 12.0 Å². The quantitative estimate of drug-likeness (QED) is 0.604. The summed E-state index contributed by atoms with van der Waals surface area (Å²) in [5.74, 6) is -0.592. The van der Waals surface area contributed by atoms with Crippen LogP contribution in [-0.4, -0.2) is 81.4 Å². The molecule has 1 amide bonds. The maximum Gasteiger partial charge on any atom is 0.258 e. The Kier molecular flexibility index (Phi) is 6.84. The molecular formula is C25H28ClF2N5O3. The number of carbonyl (C=O) groups is 1. The van der Waals surface area contributed by atoms with Crippen molar-refractivity contribution in [1.82, 2.24) is 19.8 Å². The minimum absolute atomic E-state index is 0.00765. The zero-order valence-electron chi connectivity index (χ0n) is 19.8. The number of rotatable bonds is 6. The summed E-state index contributed by atoms with van der Waals surface area (Å²) in [4.78, 5) is 25.6. The summed E-state index contributed by atoms with van der Waals surface area (Å²) in [5, 5.41) is 9.76. The van der Waals surface area contributed by atoms with Gasteiger partial charge in [-0.2, -0.15) is 0 Å². The minimum Gasteiger partial charge on any atom is -0.486 e. The molecule has 4 atom stereocenters. The van der Waals surface area contributed by atoms with Crippen LogP contribution >= 0.6 is 11.6 Å². The number of hydrogen-bond donors (Lipinski definition) is 2. The third kappa shape index (κ3) is 4.53. The van der Waals surface area contributed by atoms with Crippen LogP contribution in [0.4, 0.5) is 8.78 Å². The summed E-state index contributed by atoms with van der Waals surface area (Å²) < 4.78 is 35.6. The molecule has 2 saturated heterocycles. The second kappa shape index (κ2) is 9.91. The maximum absolute atomic E-state index is 15.4. The van der Waals surface area contributed by atoms with Gasteiger partial charge in [-0.3, -0.25) is 9.69 Å². The molecule has 3 aliphatic heterocycles. The van der Waals surface area contributed by atoms with Gasteiger partial charge in [0.1, 0.15) is 17.7 Å². The van der Waals surface area contributed by atoms with Crippen LogP contribution in [0.2, 0.25) is 5.02 Å². The van der Waals surface area contributed by atoms with Gasteiger partial charge in [0.05, 0.1) is 36.0 Å². The normalized spacial score (nSPS) is 26.1. The van der Waals surface area contributed by atoms with Crippen molar-refractivity contribution in [2.75, 3.05) is 26.2 Å². The first-order chi connectivity index (χ1) is 17.3. The number of carbonyl (C=O) groups excluding carboxylic acids is 1. The Bertz CT molecular complexity index is 1210. The van der Waals surface area contributed by atoms with Crippen molar-refractivity contribution < 1.29 is 23.4 Å². The number of aryl methyl sites for hydroxylation is 1. The van der Waals surface area contributed by atoms with Crippen molar-refractivity contribution in [3.63, 3.8) is 0 Å². The highest BCUT2D eigenvalue weighted by Crippen LogP contribution is 2.39. The molecule has 4 heterocycles. The lowest BCUT2D eigenvalue weighted by molar-refractivity contribution is -0.0278. The maximum atomic E-state index is 15.4. The van der Waals surface area contributed by atoms with Crippen LogP contribution in [-0.2, 0) is 0 Å². The van der Waals surface area contributed by atoms with Gasteiger partial charge in [-0.05, 0) is 31.9 Å². The number of piperidine rings is 1. The van der Waals surface area contributed by atoms with Gasteiger partial charge in [-0.25, -0.2) is 18.7 Å². The zero-order valence-corrected chi connectivity index (χ0v) is 20.6. The molecule has 2 fully saturated rings. The molecule has 3 N–H and O–H groups in total. The third-order valence-corrected chi connectivity index (χ3v) is 7.67. The average Bonchev–Trinajstić information content (AvgIpc) is 3.38. The number of nitrogens with two attached hydrogens (primary N) is 1. The predicted octanol–water partition coefficient (Wildman–Crippen LogP) is 2.72. The monoisotopic (exact) mass is 519 g/mol. The van der Waals surface area contributed by atoms with E-state index in [-0.39, 0.29) is 43.1 Å². The summed E-state index contributed by atoms with van der Waals surface area (Å²) in [6, 6.07) is 3.38. The van der Waals surface area contributed by atoms with E-state index in [0.717, 1.165) is 12.5 Å². The molecule has 36 heavy (non-hydrogen) atoms. The summed E-state index contributed by atoms with van der Waals surface area (Å²) in [6.45, 7) is 2.44. The molecule has 0 spiro atoms. The van der Waals surface area contributed by atoms with Gasteiger partial charge in [0, 0.05) is 48.6 Å². The number of amides is 1. The van der Waals surface area contributed by atoms with Gasteiger partial charge in [-0.1, -0.05) is 11.6 Å². The molecule has 1 aromatic carbocycles. The number of aromatic nitrogens is 2. The second-order valence-electron chi connectivity index (χ2n) is 9.53. The van der Waals surface area contributed by atoms with Gasteiger partial charge < -0.3 is 20.5 Å². The van der Waals surface area contributed by atoms with Crippen LogP contribution in [0.1, 0.15) is 41.1 Å². The number of nitrogens with zero attached hydrogens (tertiary/aromatic N) is 4. The van der Waals surface area contributed by atoms with E-state index in [1.54, 1.807) is 6.92 Å². The van der Waals surface area contributed by atoms with E-state index in [1.807, 2.05) is 4.90 Å². The number of ether oxygens (including phenoxy) is 1. The van der Waals surface area contributed by atoms with Gasteiger partial charge in [0.2, 0.25) is 0 Å². The molecule has 8 nitrogen and oxygen atoms in total. The lowest BCUT2D eigenvalue weighted by Gasteiger charge is -2.41. The fourth-order valence-electron chi connectivity index (χ4n) is 5.49. The molecule has 0 saturated carbocycles. The highest BCUT2D eigenvalue weighted by atomic mass is 35.5. The molecule has 11 heteroatoms. The summed E-state index contributed by atoms with van der Waals surface area (Å²) in [7, 11) is 0. The Balaban J connectivity index is 1.35. The van der Waals surface area contributed by atoms with Gasteiger partial charge >= 0.3 is 0 Å². The summed E-state index contributed by atoms with van der Waals surface area (Å²) >= 11 is 6.03. The van der Waals surface area contributed by atoms with Gasteiger partial charge in [0.25, 0.3) is 5.91 Å². The van der Waals surface area contributed by atoms with Crippen LogP contribution in [0.15, 0.2) is 30.1 Å². The predicted molar refractivity (Wildman–Crippen MR) is 130 cm³/mol. The molecule has 192 valence electrons. The Morgan fingerprint density at radius 1 is 1.33 bits per heavy atom. The van der Waals surface area contributed by atoms with Crippen molar-refractivity contribution in [3.8, 4) is 5.75 Å². The number of fused-ring (bicyclic) bond motifs is 2. The second-order valence-corrected chi connectivity index (χ2v) is 9.94. The molecule has 0 aliphatic carbocycles. The van der Waals surface area contributed by atoms with Gasteiger partial charge in [-0.15, -0.1) is 0 Å². The lowest BCUT2D eigenvalue weighted by atomic mass is 9.97. The number of hydrogen-bond acceptors (Lipinski definition) is 7. The van der Waals surface area contributed by atoms with E-state index in [0.29, 0.717) is 47.2 Å². The molecule has 2 bridgehead atoms. The molecule has 1 aromatic heterocycles. The van der Waals surface area contributed by atoms with Crippen LogP contribution in [0, 0.1) is 12.7 Å². The first kappa shape index (κ1) is 24.9. The van der Waals surface area contributed by atoms with Crippen LogP contribution < -0.4 is 10.5 Å². The molecule has 2 aromatic rings. The fraction of sp³-hybridized carbons (Fsp3) is 0.480. The SMILES string of the molecule is Cc1nc(C2=C(N)CN(C(=O)c3ccc(F)cc3O[C@H]3CC4CC[C@@H](C3F)N4CCO)C2)ncc1Cl. The van der Waals surface area contributed by atoms with E-state index in [1.165, 1.54) is 23.2 Å². The fourth-order valence-corrected chi connectivity index (χ4v) is 5.58. The Labute approximate surface area is 212 Å². The van der Waals surface area contributed by atoms with E-state index in [4.69, 9.17) is 22.1 Å². The summed E-state index contributed by atoms with van der Waals surface area (Å²) in [5.41, 5.74) is 8.02. The smallest absolute Gasteiger partial charge is 0.258 e. The topological polar surface area (TPSA) is 105 Å². The van der Waals surface area contributed by atoms with Crippen molar-refractivity contribution >= 4 is 23.1 Å². The number of halogens is 3. The Morgan fingerprint density at radius 2 is 2.14 bits per heavy atom. The van der Waals surface area contributed by atoms with Crippen LogP contribution in [0.25, 0.3) is 5.57 Å². The molecule has 0 radical (unpaired) electrons. The largest absolute Gasteiger partial charge is 0.486 e. The highest BCUT2D eigenvalue weighted by Gasteiger charge is 2.48. The first-order valence-corrected chi connectivity index (χ1v) is 12.4. The van der Waals surface area contributed by atoms with E-state index >= 15 is 4.39 Å². The Hall–Kier alpha value is -2.82. The minimum atomic E-state index is -1.32. The Morgan fingerprint density at radius 3 is 2.89 bits per heavy atom.